The molecule has 2 heterocycles. The van der Waals surface area contributed by atoms with Gasteiger partial charge in [-0.15, -0.1) is 0 Å². The lowest BCUT2D eigenvalue weighted by molar-refractivity contribution is 1.02. The molecule has 0 aliphatic heterocycles. The fourth-order valence-corrected chi connectivity index (χ4v) is 2.43. The van der Waals surface area contributed by atoms with Gasteiger partial charge in [-0.25, -0.2) is 0 Å². The van der Waals surface area contributed by atoms with Crippen molar-refractivity contribution < 1.29 is 0 Å². The number of hydrogen-bond acceptors (Lipinski definition) is 2. The Bertz CT molecular complexity index is 742. The van der Waals surface area contributed by atoms with Crippen molar-refractivity contribution in [2.24, 2.45) is 0 Å². The van der Waals surface area contributed by atoms with Crippen LogP contribution in [-0.4, -0.2) is 9.55 Å². The predicted octanol–water partition coefficient (Wildman–Crippen LogP) is 3.74. The number of benzene rings is 1. The van der Waals surface area contributed by atoms with E-state index in [0.717, 1.165) is 28.2 Å². The van der Waals surface area contributed by atoms with Gasteiger partial charge >= 0.3 is 0 Å². The molecule has 1 aromatic carbocycles. The van der Waals surface area contributed by atoms with Crippen LogP contribution >= 0.6 is 0 Å². The molecular formula is C17H17N3. The fraction of sp³-hybridized carbons (Fsp3) is 0.118. The molecular weight excluding hydrogens is 246 g/mol. The lowest BCUT2D eigenvalue weighted by Crippen LogP contribution is -2.00. The quantitative estimate of drug-likeness (QED) is 0.716. The first-order valence-electron chi connectivity index (χ1n) is 6.62. The van der Waals surface area contributed by atoms with Gasteiger partial charge in [0.05, 0.1) is 5.69 Å². The molecule has 0 amide bonds. The molecule has 0 saturated carbocycles. The highest BCUT2D eigenvalue weighted by molar-refractivity contribution is 5.64. The van der Waals surface area contributed by atoms with Crippen LogP contribution in [0.25, 0.3) is 16.9 Å². The lowest BCUT2D eigenvalue weighted by atomic mass is 10.1. The summed E-state index contributed by atoms with van der Waals surface area (Å²) in [4.78, 5) is 4.08. The number of aromatic nitrogens is 2. The van der Waals surface area contributed by atoms with Crippen LogP contribution in [0.2, 0.25) is 0 Å². The maximum atomic E-state index is 5.91. The number of anilines is 1. The van der Waals surface area contributed by atoms with E-state index in [9.17, 15) is 0 Å². The number of nitrogens with two attached hydrogens (primary N) is 1. The highest BCUT2D eigenvalue weighted by atomic mass is 15.0. The second-order valence-corrected chi connectivity index (χ2v) is 4.97. The van der Waals surface area contributed by atoms with Crippen LogP contribution in [0.15, 0.2) is 54.9 Å². The Balaban J connectivity index is 2.19. The van der Waals surface area contributed by atoms with Crippen molar-refractivity contribution in [2.45, 2.75) is 13.8 Å². The minimum atomic E-state index is 0.823. The van der Waals surface area contributed by atoms with E-state index in [1.54, 1.807) is 0 Å². The highest BCUT2D eigenvalue weighted by Gasteiger charge is 2.09. The topological polar surface area (TPSA) is 43.8 Å². The summed E-state index contributed by atoms with van der Waals surface area (Å²) in [5.74, 6) is 0. The molecule has 0 unspecified atom stereocenters. The van der Waals surface area contributed by atoms with Gasteiger partial charge in [-0.3, -0.25) is 4.98 Å². The van der Waals surface area contributed by atoms with Crippen molar-refractivity contribution >= 4 is 5.69 Å². The zero-order valence-electron chi connectivity index (χ0n) is 11.7. The maximum Gasteiger partial charge on any atom is 0.0532 e. The zero-order valence-corrected chi connectivity index (χ0v) is 11.7. The number of aryl methyl sites for hydroxylation is 2. The summed E-state index contributed by atoms with van der Waals surface area (Å²) in [5.41, 5.74) is 12.5. The average molecular weight is 263 g/mol. The Morgan fingerprint density at radius 1 is 0.950 bits per heavy atom. The van der Waals surface area contributed by atoms with E-state index in [1.165, 1.54) is 5.69 Å². The molecule has 0 fully saturated rings. The number of hydrogen-bond donors (Lipinski definition) is 1. The van der Waals surface area contributed by atoms with Gasteiger partial charge in [0.2, 0.25) is 0 Å². The van der Waals surface area contributed by atoms with Crippen molar-refractivity contribution in [2.75, 3.05) is 5.73 Å². The zero-order chi connectivity index (χ0) is 14.1. The molecule has 0 spiro atoms. The molecule has 0 aliphatic carbocycles. The van der Waals surface area contributed by atoms with Crippen LogP contribution in [0, 0.1) is 13.8 Å². The molecule has 0 aliphatic rings. The third-order valence-corrected chi connectivity index (χ3v) is 3.56. The summed E-state index contributed by atoms with van der Waals surface area (Å²) in [7, 11) is 0. The Morgan fingerprint density at radius 3 is 2.40 bits per heavy atom. The molecule has 2 N–H and O–H groups in total. The second kappa shape index (κ2) is 4.85. The van der Waals surface area contributed by atoms with Gasteiger partial charge < -0.3 is 10.3 Å². The fourth-order valence-electron chi connectivity index (χ4n) is 2.43. The van der Waals surface area contributed by atoms with E-state index in [4.69, 9.17) is 5.73 Å². The third kappa shape index (κ3) is 2.07. The van der Waals surface area contributed by atoms with E-state index in [2.05, 4.69) is 40.7 Å². The molecule has 0 atom stereocenters. The van der Waals surface area contributed by atoms with Crippen LogP contribution in [0.1, 0.15) is 11.3 Å². The molecule has 3 nitrogen and oxygen atoms in total. The summed E-state index contributed by atoms with van der Waals surface area (Å²) >= 11 is 0. The minimum Gasteiger partial charge on any atom is -0.399 e. The Labute approximate surface area is 118 Å². The normalized spacial score (nSPS) is 10.7. The van der Waals surface area contributed by atoms with Gasteiger partial charge in [0.15, 0.2) is 0 Å². The van der Waals surface area contributed by atoms with Crippen molar-refractivity contribution in [1.82, 2.24) is 9.55 Å². The van der Waals surface area contributed by atoms with Gasteiger partial charge in [-0.05, 0) is 61.9 Å². The summed E-state index contributed by atoms with van der Waals surface area (Å²) in [5, 5.41) is 0. The average Bonchev–Trinajstić information content (AvgIpc) is 2.85. The first-order chi connectivity index (χ1) is 9.66. The van der Waals surface area contributed by atoms with E-state index < -0.39 is 0 Å². The van der Waals surface area contributed by atoms with Crippen LogP contribution in [0.4, 0.5) is 5.69 Å². The summed E-state index contributed by atoms with van der Waals surface area (Å²) in [6.07, 6.45) is 3.63. The summed E-state index contributed by atoms with van der Waals surface area (Å²) in [6.45, 7) is 4.14. The van der Waals surface area contributed by atoms with Gasteiger partial charge in [-0.2, -0.15) is 0 Å². The number of pyridine rings is 1. The molecule has 0 saturated heterocycles. The standard InChI is InChI=1S/C17H17N3/c1-12-11-15(4-5-16(12)18)20-13(2)3-6-17(20)14-7-9-19-10-8-14/h3-11H,18H2,1-2H3. The molecule has 0 bridgehead atoms. The molecule has 100 valence electrons. The van der Waals surface area contributed by atoms with Crippen LogP contribution < -0.4 is 5.73 Å². The number of nitrogens with zero attached hydrogens (tertiary/aromatic N) is 2. The Hall–Kier alpha value is -2.55. The van der Waals surface area contributed by atoms with E-state index in [1.807, 2.05) is 37.5 Å². The first kappa shape index (κ1) is 12.5. The Kier molecular flexibility index (Phi) is 3.03. The minimum absolute atomic E-state index is 0.823. The number of rotatable bonds is 2. The molecule has 3 rings (SSSR count). The van der Waals surface area contributed by atoms with E-state index in [-0.39, 0.29) is 0 Å². The Morgan fingerprint density at radius 2 is 1.70 bits per heavy atom. The first-order valence-corrected chi connectivity index (χ1v) is 6.62. The lowest BCUT2D eigenvalue weighted by Gasteiger charge is -2.13. The largest absolute Gasteiger partial charge is 0.399 e. The predicted molar refractivity (Wildman–Crippen MR) is 82.9 cm³/mol. The molecule has 3 aromatic rings. The van der Waals surface area contributed by atoms with Crippen LogP contribution in [0.3, 0.4) is 0 Å². The van der Waals surface area contributed by atoms with Gasteiger partial charge in [0.25, 0.3) is 0 Å². The highest BCUT2D eigenvalue weighted by Crippen LogP contribution is 2.27. The third-order valence-electron chi connectivity index (χ3n) is 3.56. The van der Waals surface area contributed by atoms with Crippen LogP contribution in [0.5, 0.6) is 0 Å². The molecule has 20 heavy (non-hydrogen) atoms. The number of nitrogen functional groups attached to an aromatic ring is 1. The second-order valence-electron chi connectivity index (χ2n) is 4.97. The SMILES string of the molecule is Cc1cc(-n2c(C)ccc2-c2ccncc2)ccc1N. The molecule has 2 aromatic heterocycles. The van der Waals surface area contributed by atoms with Crippen molar-refractivity contribution in [3.05, 3.63) is 66.1 Å². The summed E-state index contributed by atoms with van der Waals surface area (Å²) in [6, 6.07) is 14.4. The van der Waals surface area contributed by atoms with Gasteiger partial charge in [0.1, 0.15) is 0 Å². The monoisotopic (exact) mass is 263 g/mol. The van der Waals surface area contributed by atoms with E-state index in [0.29, 0.717) is 0 Å². The summed E-state index contributed by atoms with van der Waals surface area (Å²) < 4.78 is 2.24. The van der Waals surface area contributed by atoms with Gasteiger partial charge in [-0.1, -0.05) is 0 Å². The molecule has 0 radical (unpaired) electrons. The maximum absolute atomic E-state index is 5.91. The smallest absolute Gasteiger partial charge is 0.0532 e. The van der Waals surface area contributed by atoms with E-state index >= 15 is 0 Å². The van der Waals surface area contributed by atoms with Crippen LogP contribution in [-0.2, 0) is 0 Å². The van der Waals surface area contributed by atoms with Crippen molar-refractivity contribution in [3.63, 3.8) is 0 Å². The van der Waals surface area contributed by atoms with Crippen molar-refractivity contribution in [1.29, 1.82) is 0 Å². The molecule has 3 heteroatoms. The van der Waals surface area contributed by atoms with Crippen molar-refractivity contribution in [3.8, 4) is 16.9 Å². The van der Waals surface area contributed by atoms with Gasteiger partial charge in [0, 0.05) is 35.0 Å².